The molecule has 4 aliphatic heterocycles. The third kappa shape index (κ3) is 13.9. The monoisotopic (exact) mass is 1100 g/mol. The largest absolute Gasteiger partial charge is 0.505 e. The summed E-state index contributed by atoms with van der Waals surface area (Å²) in [4.78, 5) is 30.8. The van der Waals surface area contributed by atoms with Crippen LogP contribution in [0.5, 0.6) is 5.75 Å². The second kappa shape index (κ2) is 25.8. The number of unbranched alkanes of at least 4 members (excludes halogenated alkanes) is 4. The molecule has 5 N–H and O–H groups in total. The zero-order valence-electron chi connectivity index (χ0n) is 47.0. The number of nitrogens with zero attached hydrogens (tertiary/aromatic N) is 5. The Balaban J connectivity index is 1.05. The minimum atomic E-state index is -1.99. The van der Waals surface area contributed by atoms with Gasteiger partial charge >= 0.3 is 5.97 Å². The molecule has 4 fully saturated rings. The number of likely N-dealkylation sites (N-methyl/N-ethyl adjacent to an activating group) is 1. The van der Waals surface area contributed by atoms with Crippen molar-refractivity contribution in [2.75, 3.05) is 20.8 Å². The van der Waals surface area contributed by atoms with Crippen LogP contribution in [0.25, 0.3) is 11.3 Å². The van der Waals surface area contributed by atoms with E-state index < -0.39 is 108 Å². The van der Waals surface area contributed by atoms with Crippen LogP contribution in [0.3, 0.4) is 0 Å². The number of aromatic nitrogens is 4. The van der Waals surface area contributed by atoms with E-state index in [-0.39, 0.29) is 43.5 Å². The summed E-state index contributed by atoms with van der Waals surface area (Å²) in [5.41, 5.74) is -1.54. The van der Waals surface area contributed by atoms with Gasteiger partial charge in [-0.3, -0.25) is 19.2 Å². The maximum Gasteiger partial charge on any atom is 0.311 e. The van der Waals surface area contributed by atoms with Gasteiger partial charge in [0.15, 0.2) is 12.6 Å². The summed E-state index contributed by atoms with van der Waals surface area (Å²) in [6.45, 7) is 17.5. The lowest BCUT2D eigenvalue weighted by Gasteiger charge is -2.49. The second-order valence-electron chi connectivity index (χ2n) is 23.2. The standard InChI is InChI=1S/C57H87N5O14S/c1-12-44-57(9,69)49(66)34(3)46(64)40-28-56(8,71-32-40)51(35(4)48(36(5)53(68)74-44)75-45-29-55(7,70-11)50(67)37(6)73-45)76-54-47(65)42(27-33(2)72-54)60(10)30-38-20-22-39(23-21-38)41-31-62(59-58-41)26-17-15-13-14-16-24-61-25-18-19-43(63)52(61)77/h18-23,25,31,33-37,40,42,44-45,47-51,54,63,65-67,69H,12-17,24,26-30,32H2,1-11H3/t33-,34+,35+,36-,37+,40+,42+,44-,45+,47-,48+,49-,50+,51-,54+,55-,56-,57-/m1/s1. The van der Waals surface area contributed by atoms with E-state index >= 15 is 0 Å². The summed E-state index contributed by atoms with van der Waals surface area (Å²) in [5.74, 6) is -4.43. The predicted octanol–water partition coefficient (Wildman–Crippen LogP) is 6.52. The average molecular weight is 1100 g/mol. The van der Waals surface area contributed by atoms with Crippen molar-refractivity contribution in [3.63, 3.8) is 0 Å². The van der Waals surface area contributed by atoms with Gasteiger partial charge in [-0.2, -0.15) is 0 Å². The highest BCUT2D eigenvalue weighted by molar-refractivity contribution is 7.71. The smallest absolute Gasteiger partial charge is 0.311 e. The first-order valence-corrected chi connectivity index (χ1v) is 28.2. The van der Waals surface area contributed by atoms with Gasteiger partial charge in [-0.25, -0.2) is 0 Å². The Morgan fingerprint density at radius 2 is 1.58 bits per heavy atom. The highest BCUT2D eigenvalue weighted by atomic mass is 32.1. The molecule has 4 aliphatic rings. The first-order chi connectivity index (χ1) is 36.4. The van der Waals surface area contributed by atoms with E-state index in [0.717, 1.165) is 62.0 Å². The Hall–Kier alpha value is -3.77. The SMILES string of the molecule is CC[C@H]1OC(=O)[C@H](C)[C@@H](O[C@H]2C[C@@](C)(OC)[C@@H](O)[C@H](C)O2)[C@H](C)[C@@H](O[C@@H]2O[C@H](C)C[C@H](N(C)Cc3ccc(-c4cn(CCCCCCCn5cccc(O)c5=S)nn4)cc3)[C@H]2O)[C@@]2(C)C[C@@H](CO2)C(=O)[C@H](C)[C@@H](O)[C@]1(C)O. The Morgan fingerprint density at radius 3 is 2.27 bits per heavy atom. The van der Waals surface area contributed by atoms with Crippen molar-refractivity contribution in [3.8, 4) is 17.0 Å². The topological polar surface area (TPSA) is 239 Å². The van der Waals surface area contributed by atoms with Crippen LogP contribution in [-0.4, -0.2) is 167 Å². The maximum absolute atomic E-state index is 14.5. The fourth-order valence-electron chi connectivity index (χ4n) is 12.2. The van der Waals surface area contributed by atoms with Crippen LogP contribution >= 0.6 is 12.2 Å². The van der Waals surface area contributed by atoms with E-state index in [1.165, 1.54) is 14.0 Å². The zero-order chi connectivity index (χ0) is 56.1. The van der Waals surface area contributed by atoms with Gasteiger partial charge in [0, 0.05) is 68.7 Å². The molecule has 18 atom stereocenters. The number of hydrogen-bond acceptors (Lipinski definition) is 18. The van der Waals surface area contributed by atoms with Crippen molar-refractivity contribution in [2.45, 2.75) is 224 Å². The maximum atomic E-state index is 14.5. The van der Waals surface area contributed by atoms with Gasteiger partial charge in [-0.1, -0.05) is 81.7 Å². The van der Waals surface area contributed by atoms with Crippen LogP contribution < -0.4 is 0 Å². The summed E-state index contributed by atoms with van der Waals surface area (Å²) in [5, 5.41) is 65.6. The van der Waals surface area contributed by atoms with E-state index in [1.54, 1.807) is 46.8 Å². The molecule has 0 amide bonds. The number of methoxy groups -OCH3 is 1. The molecule has 20 heteroatoms. The summed E-state index contributed by atoms with van der Waals surface area (Å²) >= 11 is 5.30. The number of rotatable bonds is 18. The van der Waals surface area contributed by atoms with Crippen molar-refractivity contribution in [1.82, 2.24) is 24.5 Å². The van der Waals surface area contributed by atoms with Gasteiger partial charge in [0.1, 0.15) is 45.8 Å². The summed E-state index contributed by atoms with van der Waals surface area (Å²) < 4.78 is 49.4. The molecule has 0 aliphatic carbocycles. The molecule has 1 aromatic carbocycles. The molecule has 19 nitrogen and oxygen atoms in total. The Bertz CT molecular complexity index is 2480. The van der Waals surface area contributed by atoms with Gasteiger partial charge in [0.2, 0.25) is 0 Å². The molecule has 0 radical (unpaired) electrons. The van der Waals surface area contributed by atoms with E-state index in [0.29, 0.717) is 17.6 Å². The molecule has 3 aromatic rings. The molecule has 2 aromatic heterocycles. The molecule has 0 saturated carbocycles. The van der Waals surface area contributed by atoms with Crippen molar-refractivity contribution < 1.29 is 68.3 Å². The number of hydrogen-bond donors (Lipinski definition) is 5. The first kappa shape index (κ1) is 60.9. The molecule has 0 unspecified atom stereocenters. The number of carbonyl (C=O) groups is 2. The van der Waals surface area contributed by atoms with Crippen molar-refractivity contribution >= 4 is 24.0 Å². The van der Waals surface area contributed by atoms with Crippen LogP contribution in [0.15, 0.2) is 48.8 Å². The number of cyclic esters (lactones) is 1. The number of carbonyl (C=O) groups excluding carboxylic acids is 2. The number of aliphatic hydroxyl groups is 4. The molecule has 430 valence electrons. The highest BCUT2D eigenvalue weighted by Crippen LogP contribution is 2.45. The summed E-state index contributed by atoms with van der Waals surface area (Å²) in [7, 11) is 3.46. The van der Waals surface area contributed by atoms with E-state index in [1.807, 2.05) is 73.7 Å². The molecule has 77 heavy (non-hydrogen) atoms. The van der Waals surface area contributed by atoms with Crippen LogP contribution in [0.2, 0.25) is 0 Å². The number of ketones is 1. The molecule has 4 saturated heterocycles. The van der Waals surface area contributed by atoms with Gasteiger partial charge in [0.25, 0.3) is 0 Å². The second-order valence-corrected chi connectivity index (χ2v) is 23.6. The number of aliphatic hydroxyl groups excluding tert-OH is 3. The van der Waals surface area contributed by atoms with Gasteiger partial charge in [0.05, 0.1) is 60.4 Å². The number of fused-ring (bicyclic) bond motifs is 2. The Labute approximate surface area is 459 Å². The fraction of sp³-hybridized carbons (Fsp3) is 0.737. The quantitative estimate of drug-likeness (QED) is 0.0518. The molecular weight excluding hydrogens is 1010 g/mol. The van der Waals surface area contributed by atoms with Crippen LogP contribution in [-0.2, 0) is 62.4 Å². The van der Waals surface area contributed by atoms with Crippen molar-refractivity contribution in [1.29, 1.82) is 0 Å². The molecule has 2 bridgehead atoms. The number of ether oxygens (including phenoxy) is 7. The van der Waals surface area contributed by atoms with Crippen molar-refractivity contribution in [2.24, 2.45) is 23.7 Å². The van der Waals surface area contributed by atoms with Gasteiger partial charge in [-0.05, 0) is 98.4 Å². The minimum Gasteiger partial charge on any atom is -0.505 e. The van der Waals surface area contributed by atoms with Gasteiger partial charge in [-0.15, -0.1) is 5.10 Å². The van der Waals surface area contributed by atoms with Crippen LogP contribution in [0, 0.1) is 28.3 Å². The fourth-order valence-corrected chi connectivity index (χ4v) is 12.4. The Morgan fingerprint density at radius 1 is 0.896 bits per heavy atom. The predicted molar refractivity (Wildman–Crippen MR) is 288 cm³/mol. The van der Waals surface area contributed by atoms with E-state index in [2.05, 4.69) is 15.2 Å². The third-order valence-corrected chi connectivity index (χ3v) is 17.6. The number of aromatic hydroxyl groups is 1. The normalized spacial score (nSPS) is 37.4. The Kier molecular flexibility index (Phi) is 20.4. The zero-order valence-corrected chi connectivity index (χ0v) is 47.8. The third-order valence-electron chi connectivity index (χ3n) is 17.2. The number of esters is 1. The number of pyridine rings is 1. The number of aryl methyl sites for hydroxylation is 2. The number of benzene rings is 1. The van der Waals surface area contributed by atoms with Gasteiger partial charge < -0.3 is 63.3 Å². The highest BCUT2D eigenvalue weighted by Gasteiger charge is 2.56. The average Bonchev–Trinajstić information content (AvgIpc) is 4.06. The minimum absolute atomic E-state index is 0.00292. The van der Waals surface area contributed by atoms with E-state index in [9.17, 15) is 35.1 Å². The molecular formula is C57H87N5O14S. The summed E-state index contributed by atoms with van der Waals surface area (Å²) in [6, 6.07) is 11.1. The van der Waals surface area contributed by atoms with E-state index in [4.69, 9.17) is 45.4 Å². The molecule has 7 rings (SSSR count). The summed E-state index contributed by atoms with van der Waals surface area (Å²) in [6.07, 6.45) is -0.193. The number of Topliss-reactive ketones (excluding diaryl/α,β-unsaturated/α-hetero) is 1. The molecule has 0 spiro atoms. The lowest BCUT2D eigenvalue weighted by Crippen LogP contribution is -2.61. The molecule has 6 heterocycles. The van der Waals surface area contributed by atoms with Crippen LogP contribution in [0.1, 0.15) is 126 Å². The van der Waals surface area contributed by atoms with Crippen LogP contribution in [0.4, 0.5) is 0 Å². The lowest BCUT2D eigenvalue weighted by atomic mass is 9.75. The first-order valence-electron chi connectivity index (χ1n) is 27.8. The van der Waals surface area contributed by atoms with Crippen molar-refractivity contribution in [3.05, 3.63) is 59.0 Å². The lowest BCUT2D eigenvalue weighted by molar-refractivity contribution is -0.317.